The van der Waals surface area contributed by atoms with Crippen molar-refractivity contribution in [3.63, 3.8) is 0 Å². The minimum absolute atomic E-state index is 0.0837. The quantitative estimate of drug-likeness (QED) is 0.778. The van der Waals surface area contributed by atoms with Gasteiger partial charge >= 0.3 is 0 Å². The van der Waals surface area contributed by atoms with Crippen LogP contribution in [0.15, 0.2) is 18.2 Å². The molecule has 17 heavy (non-hydrogen) atoms. The van der Waals surface area contributed by atoms with Crippen LogP contribution in [-0.2, 0) is 9.47 Å². The largest absolute Gasteiger partial charge is 0.504 e. The van der Waals surface area contributed by atoms with Crippen molar-refractivity contribution in [2.45, 2.75) is 45.2 Å². The number of hydrogen-bond acceptors (Lipinski definition) is 4. The van der Waals surface area contributed by atoms with Gasteiger partial charge in [0.25, 0.3) is 0 Å². The number of phenolic OH excluding ortho intramolecular Hbond substituents is 2. The molecule has 1 aromatic carbocycles. The average molecular weight is 238 g/mol. The molecule has 4 heteroatoms. The molecule has 3 atom stereocenters. The molecule has 2 N–H and O–H groups in total. The Labute approximate surface area is 101 Å². The number of benzene rings is 1. The summed E-state index contributed by atoms with van der Waals surface area (Å²) >= 11 is 0. The molecule has 3 unspecified atom stereocenters. The van der Waals surface area contributed by atoms with Crippen molar-refractivity contribution in [3.05, 3.63) is 23.8 Å². The van der Waals surface area contributed by atoms with Gasteiger partial charge in [0.15, 0.2) is 17.8 Å². The van der Waals surface area contributed by atoms with E-state index in [1.807, 2.05) is 6.92 Å². The Balaban J connectivity index is 2.23. The third-order valence-electron chi connectivity index (χ3n) is 3.02. The molecule has 1 aliphatic heterocycles. The first-order valence-electron chi connectivity index (χ1n) is 5.93. The lowest BCUT2D eigenvalue weighted by molar-refractivity contribution is -0.244. The molecule has 0 spiro atoms. The maximum atomic E-state index is 9.79. The van der Waals surface area contributed by atoms with E-state index in [-0.39, 0.29) is 23.7 Å². The summed E-state index contributed by atoms with van der Waals surface area (Å²) in [4.78, 5) is 0. The molecule has 0 radical (unpaired) electrons. The molecule has 1 heterocycles. The van der Waals surface area contributed by atoms with Crippen molar-refractivity contribution in [3.8, 4) is 11.5 Å². The first-order chi connectivity index (χ1) is 8.11. The summed E-state index contributed by atoms with van der Waals surface area (Å²) in [5, 5.41) is 19.2. The molecule has 0 saturated carbocycles. The van der Waals surface area contributed by atoms with Crippen LogP contribution < -0.4 is 0 Å². The van der Waals surface area contributed by atoms with Gasteiger partial charge in [-0.1, -0.05) is 13.0 Å². The van der Waals surface area contributed by atoms with E-state index < -0.39 is 6.29 Å². The van der Waals surface area contributed by atoms with Crippen LogP contribution in [0.1, 0.15) is 38.5 Å². The minimum atomic E-state index is -0.601. The highest BCUT2D eigenvalue weighted by atomic mass is 16.7. The SMILES string of the molecule is CCC1CC(C)OC(c2cccc(O)c2O)O1. The number of aromatic hydroxyl groups is 2. The lowest BCUT2D eigenvalue weighted by atomic mass is 10.1. The fraction of sp³-hybridized carbons (Fsp3) is 0.538. The predicted octanol–water partition coefficient (Wildman–Crippen LogP) is 2.70. The van der Waals surface area contributed by atoms with Crippen molar-refractivity contribution in [1.29, 1.82) is 0 Å². The Morgan fingerprint density at radius 1 is 1.29 bits per heavy atom. The molecule has 1 saturated heterocycles. The molecule has 1 aromatic rings. The summed E-state index contributed by atoms with van der Waals surface area (Å²) in [7, 11) is 0. The first kappa shape index (κ1) is 12.2. The van der Waals surface area contributed by atoms with Gasteiger partial charge in [0.05, 0.1) is 17.8 Å². The minimum Gasteiger partial charge on any atom is -0.504 e. The van der Waals surface area contributed by atoms with Gasteiger partial charge in [0, 0.05) is 0 Å². The van der Waals surface area contributed by atoms with E-state index in [2.05, 4.69) is 6.92 Å². The highest BCUT2D eigenvalue weighted by molar-refractivity contribution is 5.45. The highest BCUT2D eigenvalue weighted by Crippen LogP contribution is 2.38. The Hall–Kier alpha value is -1.26. The van der Waals surface area contributed by atoms with Gasteiger partial charge in [-0.15, -0.1) is 0 Å². The molecule has 0 amide bonds. The molecule has 94 valence electrons. The van der Waals surface area contributed by atoms with Crippen molar-refractivity contribution < 1.29 is 19.7 Å². The maximum absolute atomic E-state index is 9.79. The van der Waals surface area contributed by atoms with Crippen molar-refractivity contribution in [2.24, 2.45) is 0 Å². The lowest BCUT2D eigenvalue weighted by Gasteiger charge is -2.34. The summed E-state index contributed by atoms with van der Waals surface area (Å²) < 4.78 is 11.4. The smallest absolute Gasteiger partial charge is 0.188 e. The van der Waals surface area contributed by atoms with Gasteiger partial charge < -0.3 is 19.7 Å². The second kappa shape index (κ2) is 4.94. The van der Waals surface area contributed by atoms with Gasteiger partial charge in [-0.25, -0.2) is 0 Å². The Kier molecular flexibility index (Phi) is 3.54. The van der Waals surface area contributed by atoms with Gasteiger partial charge in [-0.05, 0) is 31.9 Å². The van der Waals surface area contributed by atoms with E-state index in [9.17, 15) is 10.2 Å². The zero-order valence-corrected chi connectivity index (χ0v) is 10.1. The molecule has 0 bridgehead atoms. The highest BCUT2D eigenvalue weighted by Gasteiger charge is 2.29. The van der Waals surface area contributed by atoms with Crippen molar-refractivity contribution in [2.75, 3.05) is 0 Å². The molecule has 2 rings (SSSR count). The normalized spacial score (nSPS) is 29.2. The van der Waals surface area contributed by atoms with E-state index in [1.165, 1.54) is 6.07 Å². The van der Waals surface area contributed by atoms with Crippen LogP contribution in [0.25, 0.3) is 0 Å². The Morgan fingerprint density at radius 2 is 2.06 bits per heavy atom. The molecule has 4 nitrogen and oxygen atoms in total. The van der Waals surface area contributed by atoms with Crippen molar-refractivity contribution >= 4 is 0 Å². The third kappa shape index (κ3) is 2.53. The van der Waals surface area contributed by atoms with Crippen LogP contribution in [0, 0.1) is 0 Å². The fourth-order valence-corrected chi connectivity index (χ4v) is 2.05. The summed E-state index contributed by atoms with van der Waals surface area (Å²) in [6.07, 6.45) is 1.37. The monoisotopic (exact) mass is 238 g/mol. The Morgan fingerprint density at radius 3 is 2.76 bits per heavy atom. The number of rotatable bonds is 2. The third-order valence-corrected chi connectivity index (χ3v) is 3.02. The van der Waals surface area contributed by atoms with E-state index in [1.54, 1.807) is 12.1 Å². The average Bonchev–Trinajstić information content (AvgIpc) is 2.31. The van der Waals surface area contributed by atoms with Crippen LogP contribution in [0.5, 0.6) is 11.5 Å². The molecule has 0 aromatic heterocycles. The van der Waals surface area contributed by atoms with Crippen LogP contribution in [-0.4, -0.2) is 22.4 Å². The molecule has 1 aliphatic rings. The van der Waals surface area contributed by atoms with E-state index >= 15 is 0 Å². The Bertz CT molecular complexity index is 391. The topological polar surface area (TPSA) is 58.9 Å². The van der Waals surface area contributed by atoms with Gasteiger partial charge in [-0.3, -0.25) is 0 Å². The van der Waals surface area contributed by atoms with Crippen LogP contribution >= 0.6 is 0 Å². The zero-order valence-electron chi connectivity index (χ0n) is 10.1. The number of ether oxygens (including phenoxy) is 2. The van der Waals surface area contributed by atoms with E-state index in [0.29, 0.717) is 5.56 Å². The van der Waals surface area contributed by atoms with Gasteiger partial charge in [0.2, 0.25) is 0 Å². The second-order valence-corrected chi connectivity index (χ2v) is 4.40. The van der Waals surface area contributed by atoms with E-state index in [0.717, 1.165) is 12.8 Å². The molecule has 0 aliphatic carbocycles. The van der Waals surface area contributed by atoms with Gasteiger partial charge in [-0.2, -0.15) is 0 Å². The van der Waals surface area contributed by atoms with Crippen LogP contribution in [0.2, 0.25) is 0 Å². The number of para-hydroxylation sites is 1. The molecular weight excluding hydrogens is 220 g/mol. The van der Waals surface area contributed by atoms with Crippen LogP contribution in [0.4, 0.5) is 0 Å². The number of hydrogen-bond donors (Lipinski definition) is 2. The lowest BCUT2D eigenvalue weighted by Crippen LogP contribution is -2.31. The van der Waals surface area contributed by atoms with Crippen molar-refractivity contribution in [1.82, 2.24) is 0 Å². The van der Waals surface area contributed by atoms with E-state index in [4.69, 9.17) is 9.47 Å². The number of phenols is 2. The second-order valence-electron chi connectivity index (χ2n) is 4.40. The maximum Gasteiger partial charge on any atom is 0.188 e. The summed E-state index contributed by atoms with van der Waals surface area (Å²) in [6.45, 7) is 4.04. The van der Waals surface area contributed by atoms with Gasteiger partial charge in [0.1, 0.15) is 0 Å². The predicted molar refractivity (Wildman–Crippen MR) is 62.8 cm³/mol. The summed E-state index contributed by atoms with van der Waals surface area (Å²) in [5.74, 6) is -0.317. The standard InChI is InChI=1S/C13H18O4/c1-3-9-7-8(2)16-13(17-9)10-5-4-6-11(14)12(10)15/h4-6,8-9,13-15H,3,7H2,1-2H3. The molecule has 1 fully saturated rings. The molecular formula is C13H18O4. The van der Waals surface area contributed by atoms with Crippen LogP contribution in [0.3, 0.4) is 0 Å². The first-order valence-corrected chi connectivity index (χ1v) is 5.93. The summed E-state index contributed by atoms with van der Waals surface area (Å²) in [5.41, 5.74) is 0.481. The zero-order chi connectivity index (χ0) is 12.4. The fourth-order valence-electron chi connectivity index (χ4n) is 2.05. The summed E-state index contributed by atoms with van der Waals surface area (Å²) in [6, 6.07) is 4.80.